The number of aliphatic carboxylic acids is 2. The maximum Gasteiger partial charge on any atom is 0.414 e. The predicted molar refractivity (Wildman–Crippen MR) is 73.5 cm³/mol. The molecule has 0 radical (unpaired) electrons. The maximum atomic E-state index is 9.10. The second-order valence-corrected chi connectivity index (χ2v) is 4.64. The zero-order chi connectivity index (χ0) is 14.8. The first-order valence-electron chi connectivity index (χ1n) is 6.69. The minimum absolute atomic E-state index is 0.646. The van der Waals surface area contributed by atoms with Crippen LogP contribution in [0.5, 0.6) is 0 Å². The van der Waals surface area contributed by atoms with Crippen molar-refractivity contribution in [2.45, 2.75) is 38.1 Å². The monoisotopic (exact) mass is 280 g/mol. The molecule has 2 rings (SSSR count). The second-order valence-electron chi connectivity index (χ2n) is 4.64. The molecule has 1 aromatic rings. The first-order chi connectivity index (χ1) is 9.59. The van der Waals surface area contributed by atoms with Crippen molar-refractivity contribution in [2.75, 3.05) is 6.54 Å². The lowest BCUT2D eigenvalue weighted by molar-refractivity contribution is -0.159. The molecule has 1 unspecified atom stereocenters. The number of rotatable bonds is 2. The molecule has 1 saturated heterocycles. The van der Waals surface area contributed by atoms with E-state index in [0.29, 0.717) is 6.04 Å². The van der Waals surface area contributed by atoms with Crippen LogP contribution < -0.4 is 5.32 Å². The first-order valence-corrected chi connectivity index (χ1v) is 6.69. The van der Waals surface area contributed by atoms with Gasteiger partial charge in [-0.3, -0.25) is 4.98 Å². The minimum Gasteiger partial charge on any atom is -0.473 e. The van der Waals surface area contributed by atoms with Crippen LogP contribution in [0.1, 0.15) is 31.4 Å². The smallest absolute Gasteiger partial charge is 0.414 e. The summed E-state index contributed by atoms with van der Waals surface area (Å²) < 4.78 is 0. The van der Waals surface area contributed by atoms with Gasteiger partial charge >= 0.3 is 11.9 Å². The van der Waals surface area contributed by atoms with Gasteiger partial charge in [-0.1, -0.05) is 18.9 Å². The van der Waals surface area contributed by atoms with E-state index in [-0.39, 0.29) is 0 Å². The molecule has 0 bridgehead atoms. The van der Waals surface area contributed by atoms with Gasteiger partial charge in [0.05, 0.1) is 0 Å². The van der Waals surface area contributed by atoms with Gasteiger partial charge in [-0.2, -0.15) is 0 Å². The van der Waals surface area contributed by atoms with Crippen LogP contribution in [0.3, 0.4) is 0 Å². The lowest BCUT2D eigenvalue weighted by atomic mass is 10.1. The molecule has 3 N–H and O–H groups in total. The van der Waals surface area contributed by atoms with E-state index in [9.17, 15) is 0 Å². The van der Waals surface area contributed by atoms with E-state index >= 15 is 0 Å². The number of hydrogen-bond acceptors (Lipinski definition) is 4. The van der Waals surface area contributed by atoms with Crippen molar-refractivity contribution >= 4 is 11.9 Å². The summed E-state index contributed by atoms with van der Waals surface area (Å²) in [5.41, 5.74) is 1.21. The van der Waals surface area contributed by atoms with E-state index in [1.54, 1.807) is 0 Å². The molecule has 0 aliphatic carbocycles. The van der Waals surface area contributed by atoms with Crippen LogP contribution in [-0.4, -0.2) is 39.7 Å². The highest BCUT2D eigenvalue weighted by atomic mass is 16.4. The van der Waals surface area contributed by atoms with Crippen LogP contribution >= 0.6 is 0 Å². The second kappa shape index (κ2) is 9.03. The molecule has 1 aliphatic heterocycles. The highest BCUT2D eigenvalue weighted by Gasteiger charge is 2.11. The Morgan fingerprint density at radius 3 is 2.55 bits per heavy atom. The molecule has 0 spiro atoms. The first kappa shape index (κ1) is 16.1. The van der Waals surface area contributed by atoms with E-state index in [0.717, 1.165) is 6.42 Å². The summed E-state index contributed by atoms with van der Waals surface area (Å²) in [6.07, 6.45) is 8.35. The third kappa shape index (κ3) is 6.84. The summed E-state index contributed by atoms with van der Waals surface area (Å²) in [5, 5.41) is 18.4. The highest BCUT2D eigenvalue weighted by molar-refractivity contribution is 6.27. The van der Waals surface area contributed by atoms with Crippen LogP contribution in [0.25, 0.3) is 0 Å². The third-order valence-corrected chi connectivity index (χ3v) is 3.03. The van der Waals surface area contributed by atoms with E-state index in [1.165, 1.54) is 37.9 Å². The Labute approximate surface area is 117 Å². The number of carboxylic acids is 2. The van der Waals surface area contributed by atoms with Crippen molar-refractivity contribution in [1.82, 2.24) is 10.3 Å². The number of carbonyl (C=O) groups is 2. The normalized spacial score (nSPS) is 18.3. The van der Waals surface area contributed by atoms with Gasteiger partial charge in [-0.15, -0.1) is 0 Å². The Hall–Kier alpha value is -1.95. The lowest BCUT2D eigenvalue weighted by Crippen LogP contribution is -2.30. The number of aromatic nitrogens is 1. The zero-order valence-electron chi connectivity index (χ0n) is 11.3. The number of nitrogens with zero attached hydrogens (tertiary/aromatic N) is 1. The molecular formula is C14H20N2O4. The van der Waals surface area contributed by atoms with Gasteiger partial charge in [0.25, 0.3) is 0 Å². The Bertz CT molecular complexity index is 402. The van der Waals surface area contributed by atoms with Crippen molar-refractivity contribution in [1.29, 1.82) is 0 Å². The summed E-state index contributed by atoms with van der Waals surface area (Å²) in [6, 6.07) is 6.81. The molecule has 1 aliphatic rings. The van der Waals surface area contributed by atoms with Gasteiger partial charge < -0.3 is 15.5 Å². The van der Waals surface area contributed by atoms with E-state index in [4.69, 9.17) is 19.8 Å². The largest absolute Gasteiger partial charge is 0.473 e. The van der Waals surface area contributed by atoms with Gasteiger partial charge in [-0.25, -0.2) is 9.59 Å². The van der Waals surface area contributed by atoms with Crippen molar-refractivity contribution < 1.29 is 19.8 Å². The van der Waals surface area contributed by atoms with Gasteiger partial charge in [0.1, 0.15) is 0 Å². The average molecular weight is 280 g/mol. The molecular weight excluding hydrogens is 260 g/mol. The molecule has 110 valence electrons. The van der Waals surface area contributed by atoms with Crippen LogP contribution in [-0.2, 0) is 16.0 Å². The molecule has 0 saturated carbocycles. The fourth-order valence-corrected chi connectivity index (χ4v) is 2.05. The van der Waals surface area contributed by atoms with Crippen molar-refractivity contribution in [3.8, 4) is 0 Å². The van der Waals surface area contributed by atoms with Crippen molar-refractivity contribution in [3.05, 3.63) is 30.1 Å². The summed E-state index contributed by atoms with van der Waals surface area (Å²) in [4.78, 5) is 22.6. The standard InChI is InChI=1S/C12H18N2.C2H2O4/c1-2-6-11(13-8-4-1)10-12-7-3-5-9-14-12;3-1(4)2(5)6/h3,5,7,9,11,13H,1-2,4,6,8,10H2;(H,3,4)(H,5,6). The minimum atomic E-state index is -1.82. The zero-order valence-corrected chi connectivity index (χ0v) is 11.3. The molecule has 1 atom stereocenters. The Kier molecular flexibility index (Phi) is 7.27. The maximum absolute atomic E-state index is 9.10. The fraction of sp³-hybridized carbons (Fsp3) is 0.500. The van der Waals surface area contributed by atoms with E-state index in [1.807, 2.05) is 12.3 Å². The van der Waals surface area contributed by atoms with Gasteiger partial charge in [0.2, 0.25) is 0 Å². The molecule has 0 amide bonds. The highest BCUT2D eigenvalue weighted by Crippen LogP contribution is 2.11. The summed E-state index contributed by atoms with van der Waals surface area (Å²) in [5.74, 6) is -3.65. The molecule has 1 aromatic heterocycles. The molecule has 20 heavy (non-hydrogen) atoms. The molecule has 2 heterocycles. The number of hydrogen-bond donors (Lipinski definition) is 3. The topological polar surface area (TPSA) is 99.5 Å². The number of carboxylic acid groups (broad SMARTS) is 2. The molecule has 6 nitrogen and oxygen atoms in total. The molecule has 0 aromatic carbocycles. The van der Waals surface area contributed by atoms with Crippen LogP contribution in [0.2, 0.25) is 0 Å². The van der Waals surface area contributed by atoms with Crippen LogP contribution in [0.4, 0.5) is 0 Å². The SMILES string of the molecule is O=C(O)C(=O)O.c1ccc(CC2CCCCCN2)nc1. The predicted octanol–water partition coefficient (Wildman–Crippen LogP) is 1.31. The van der Waals surface area contributed by atoms with Gasteiger partial charge in [0.15, 0.2) is 0 Å². The summed E-state index contributed by atoms with van der Waals surface area (Å²) in [7, 11) is 0. The summed E-state index contributed by atoms with van der Waals surface area (Å²) in [6.45, 7) is 1.18. The average Bonchev–Trinajstić information content (AvgIpc) is 2.69. The Morgan fingerprint density at radius 1 is 1.20 bits per heavy atom. The fourth-order valence-electron chi connectivity index (χ4n) is 2.05. The Morgan fingerprint density at radius 2 is 1.95 bits per heavy atom. The molecule has 6 heteroatoms. The van der Waals surface area contributed by atoms with E-state index in [2.05, 4.69) is 22.4 Å². The van der Waals surface area contributed by atoms with Gasteiger partial charge in [-0.05, 0) is 31.5 Å². The van der Waals surface area contributed by atoms with Crippen molar-refractivity contribution in [3.63, 3.8) is 0 Å². The van der Waals surface area contributed by atoms with E-state index < -0.39 is 11.9 Å². The van der Waals surface area contributed by atoms with Crippen LogP contribution in [0.15, 0.2) is 24.4 Å². The van der Waals surface area contributed by atoms with Gasteiger partial charge in [0, 0.05) is 24.4 Å². The quantitative estimate of drug-likeness (QED) is 0.706. The number of pyridine rings is 1. The van der Waals surface area contributed by atoms with Crippen LogP contribution in [0, 0.1) is 0 Å². The van der Waals surface area contributed by atoms with Crippen molar-refractivity contribution in [2.24, 2.45) is 0 Å². The molecule has 1 fully saturated rings. The summed E-state index contributed by atoms with van der Waals surface area (Å²) >= 11 is 0. The lowest BCUT2D eigenvalue weighted by Gasteiger charge is -2.14. The number of nitrogens with one attached hydrogen (secondary N) is 1. The Balaban J connectivity index is 0.000000286. The third-order valence-electron chi connectivity index (χ3n) is 3.03.